The average molecular weight is 479 g/mol. The second kappa shape index (κ2) is 9.65. The number of anilines is 1. The lowest BCUT2D eigenvalue weighted by Crippen LogP contribution is -2.31. The lowest BCUT2D eigenvalue weighted by Gasteiger charge is -2.20. The zero-order valence-corrected chi connectivity index (χ0v) is 19.1. The van der Waals surface area contributed by atoms with Crippen LogP contribution in [0.1, 0.15) is 21.5 Å². The Morgan fingerprint density at radius 2 is 1.82 bits per heavy atom. The maximum absolute atomic E-state index is 12.7. The Morgan fingerprint density at radius 1 is 0.971 bits per heavy atom. The molecule has 7 nitrogen and oxygen atoms in total. The lowest BCUT2D eigenvalue weighted by molar-refractivity contribution is -0.122. The second-order valence-corrected chi connectivity index (χ2v) is 8.50. The standard InChI is InChI=1S/C26H23ClN2O5/c27-20-12-16(13-22-24(20)33-11-10-32-22)8-9-28-25(30)18-5-3-6-19(14-18)29-26(31)23-15-17-4-1-2-7-21(17)34-23/h1-7,12-14,23H,8-11,15H2,(H,28,30)(H,29,31). The van der Waals surface area contributed by atoms with Crippen molar-refractivity contribution in [2.24, 2.45) is 0 Å². The summed E-state index contributed by atoms with van der Waals surface area (Å²) >= 11 is 6.28. The monoisotopic (exact) mass is 478 g/mol. The fraction of sp³-hybridized carbons (Fsp3) is 0.231. The van der Waals surface area contributed by atoms with Crippen LogP contribution in [0.25, 0.3) is 0 Å². The molecular formula is C26H23ClN2O5. The van der Waals surface area contributed by atoms with Gasteiger partial charge in [0.2, 0.25) is 0 Å². The lowest BCUT2D eigenvalue weighted by atomic mass is 10.1. The molecule has 8 heteroatoms. The van der Waals surface area contributed by atoms with Gasteiger partial charge >= 0.3 is 0 Å². The largest absolute Gasteiger partial charge is 0.486 e. The number of ether oxygens (including phenoxy) is 3. The van der Waals surface area contributed by atoms with Gasteiger partial charge in [0.05, 0.1) is 5.02 Å². The fourth-order valence-electron chi connectivity index (χ4n) is 4.02. The summed E-state index contributed by atoms with van der Waals surface area (Å²) in [6.07, 6.45) is 0.511. The van der Waals surface area contributed by atoms with E-state index in [-0.39, 0.29) is 11.8 Å². The van der Waals surface area contributed by atoms with Gasteiger partial charge in [0.15, 0.2) is 17.6 Å². The first-order chi connectivity index (χ1) is 16.6. The molecule has 34 heavy (non-hydrogen) atoms. The minimum absolute atomic E-state index is 0.232. The highest BCUT2D eigenvalue weighted by atomic mass is 35.5. The van der Waals surface area contributed by atoms with Crippen molar-refractivity contribution < 1.29 is 23.8 Å². The van der Waals surface area contributed by atoms with E-state index in [1.165, 1.54) is 0 Å². The summed E-state index contributed by atoms with van der Waals surface area (Å²) in [5.41, 5.74) is 2.94. The topological polar surface area (TPSA) is 85.9 Å². The van der Waals surface area contributed by atoms with Crippen molar-refractivity contribution >= 4 is 29.1 Å². The van der Waals surface area contributed by atoms with Gasteiger partial charge in [0.1, 0.15) is 19.0 Å². The Morgan fingerprint density at radius 3 is 2.71 bits per heavy atom. The molecule has 3 aromatic rings. The normalized spacial score (nSPS) is 15.7. The summed E-state index contributed by atoms with van der Waals surface area (Å²) in [6.45, 7) is 1.37. The van der Waals surface area contributed by atoms with Crippen LogP contribution in [0.2, 0.25) is 5.02 Å². The Hall–Kier alpha value is -3.71. The number of halogens is 1. The summed E-state index contributed by atoms with van der Waals surface area (Å²) in [5.74, 6) is 1.44. The van der Waals surface area contributed by atoms with Crippen LogP contribution in [0.3, 0.4) is 0 Å². The Labute approximate surface area is 202 Å². The molecule has 0 saturated carbocycles. The fourth-order valence-corrected chi connectivity index (χ4v) is 4.31. The number of hydrogen-bond donors (Lipinski definition) is 2. The third-order valence-corrected chi connectivity index (χ3v) is 5.97. The summed E-state index contributed by atoms with van der Waals surface area (Å²) in [7, 11) is 0. The smallest absolute Gasteiger partial charge is 0.265 e. The van der Waals surface area contributed by atoms with Crippen LogP contribution in [0.15, 0.2) is 60.7 Å². The Kier molecular flexibility index (Phi) is 6.27. The molecule has 2 amide bonds. The van der Waals surface area contributed by atoms with Crippen molar-refractivity contribution in [2.75, 3.05) is 25.1 Å². The van der Waals surface area contributed by atoms with Crippen molar-refractivity contribution in [1.29, 1.82) is 0 Å². The number of benzene rings is 3. The minimum Gasteiger partial charge on any atom is -0.486 e. The summed E-state index contributed by atoms with van der Waals surface area (Å²) < 4.78 is 16.9. The number of hydrogen-bond acceptors (Lipinski definition) is 5. The SMILES string of the molecule is O=C(NCCc1cc(Cl)c2c(c1)OCCO2)c1cccc(NC(=O)C2Cc3ccccc3O2)c1. The molecule has 2 N–H and O–H groups in total. The van der Waals surface area contributed by atoms with E-state index in [9.17, 15) is 9.59 Å². The van der Waals surface area contributed by atoms with Crippen LogP contribution in [-0.2, 0) is 17.6 Å². The van der Waals surface area contributed by atoms with Gasteiger partial charge in [-0.25, -0.2) is 0 Å². The molecule has 5 rings (SSSR count). The number of carbonyl (C=O) groups is 2. The quantitative estimate of drug-likeness (QED) is 0.558. The number of fused-ring (bicyclic) bond motifs is 2. The summed E-state index contributed by atoms with van der Waals surface area (Å²) in [6, 6.07) is 18.1. The second-order valence-electron chi connectivity index (χ2n) is 8.10. The molecule has 0 aliphatic carbocycles. The van der Waals surface area contributed by atoms with Crippen LogP contribution in [-0.4, -0.2) is 37.7 Å². The van der Waals surface area contributed by atoms with Crippen molar-refractivity contribution in [2.45, 2.75) is 18.9 Å². The molecule has 2 aliphatic heterocycles. The van der Waals surface area contributed by atoms with E-state index in [2.05, 4.69) is 10.6 Å². The van der Waals surface area contributed by atoms with Crippen molar-refractivity contribution in [3.8, 4) is 17.2 Å². The maximum atomic E-state index is 12.7. The maximum Gasteiger partial charge on any atom is 0.265 e. The van der Waals surface area contributed by atoms with E-state index >= 15 is 0 Å². The number of rotatable bonds is 6. The van der Waals surface area contributed by atoms with Crippen molar-refractivity contribution in [3.63, 3.8) is 0 Å². The number of carbonyl (C=O) groups excluding carboxylic acids is 2. The van der Waals surface area contributed by atoms with Gasteiger partial charge < -0.3 is 24.8 Å². The third kappa shape index (κ3) is 4.79. The van der Waals surface area contributed by atoms with Crippen LogP contribution in [0.5, 0.6) is 17.2 Å². The van der Waals surface area contributed by atoms with Crippen LogP contribution in [0, 0.1) is 0 Å². The Balaban J connectivity index is 1.16. The molecule has 174 valence electrons. The predicted octanol–water partition coefficient (Wildman–Crippen LogP) is 4.03. The zero-order valence-electron chi connectivity index (χ0n) is 18.3. The van der Waals surface area contributed by atoms with E-state index in [4.69, 9.17) is 25.8 Å². The Bertz CT molecular complexity index is 1220. The molecule has 1 atom stereocenters. The molecule has 0 fully saturated rings. The highest BCUT2D eigenvalue weighted by Crippen LogP contribution is 2.38. The highest BCUT2D eigenvalue weighted by Gasteiger charge is 2.28. The van der Waals surface area contributed by atoms with Crippen molar-refractivity contribution in [3.05, 3.63) is 82.4 Å². The van der Waals surface area contributed by atoms with Gasteiger partial charge in [-0.05, 0) is 53.9 Å². The van der Waals surface area contributed by atoms with E-state index < -0.39 is 6.10 Å². The van der Waals surface area contributed by atoms with Gasteiger partial charge in [0, 0.05) is 24.2 Å². The van der Waals surface area contributed by atoms with Crippen LogP contribution >= 0.6 is 11.6 Å². The van der Waals surface area contributed by atoms with Crippen LogP contribution < -0.4 is 24.8 Å². The van der Waals surface area contributed by atoms with Crippen molar-refractivity contribution in [1.82, 2.24) is 5.32 Å². The van der Waals surface area contributed by atoms with Gasteiger partial charge in [-0.2, -0.15) is 0 Å². The molecule has 3 aromatic carbocycles. The summed E-state index contributed by atoms with van der Waals surface area (Å²) in [5, 5.41) is 6.25. The van der Waals surface area contributed by atoms with Crippen LogP contribution in [0.4, 0.5) is 5.69 Å². The number of amides is 2. The number of nitrogens with one attached hydrogen (secondary N) is 2. The first kappa shape index (κ1) is 22.1. The molecule has 0 spiro atoms. The zero-order chi connectivity index (χ0) is 23.5. The highest BCUT2D eigenvalue weighted by molar-refractivity contribution is 6.32. The predicted molar refractivity (Wildman–Crippen MR) is 128 cm³/mol. The summed E-state index contributed by atoms with van der Waals surface area (Å²) in [4.78, 5) is 25.3. The molecule has 2 heterocycles. The molecule has 0 aromatic heterocycles. The van der Waals surface area contributed by atoms with Gasteiger partial charge in [0.25, 0.3) is 11.8 Å². The molecule has 0 bridgehead atoms. The molecule has 0 radical (unpaired) electrons. The molecule has 1 unspecified atom stereocenters. The van der Waals surface area contributed by atoms with Gasteiger partial charge in [-0.15, -0.1) is 0 Å². The van der Waals surface area contributed by atoms with E-state index in [1.807, 2.05) is 36.4 Å². The minimum atomic E-state index is -0.590. The first-order valence-corrected chi connectivity index (χ1v) is 11.5. The first-order valence-electron chi connectivity index (χ1n) is 11.1. The average Bonchev–Trinajstić information content (AvgIpc) is 3.29. The van der Waals surface area contributed by atoms with Gasteiger partial charge in [-0.1, -0.05) is 35.9 Å². The van der Waals surface area contributed by atoms with E-state index in [0.717, 1.165) is 16.9 Å². The molecule has 0 saturated heterocycles. The molecule has 2 aliphatic rings. The molecular weight excluding hydrogens is 456 g/mol. The van der Waals surface area contributed by atoms with Gasteiger partial charge in [-0.3, -0.25) is 9.59 Å². The van der Waals surface area contributed by atoms with E-state index in [1.54, 1.807) is 24.3 Å². The van der Waals surface area contributed by atoms with E-state index in [0.29, 0.717) is 60.4 Å². The third-order valence-electron chi connectivity index (χ3n) is 5.69. The number of para-hydroxylation sites is 1.